The number of esters is 1. The average Bonchev–Trinajstić information content (AvgIpc) is 2.57. The van der Waals surface area contributed by atoms with Gasteiger partial charge in [0.2, 0.25) is 0 Å². The molecule has 120 valence electrons. The molecular formula is C17H18N2O4. The minimum atomic E-state index is -0.514. The van der Waals surface area contributed by atoms with E-state index in [-0.39, 0.29) is 5.97 Å². The lowest BCUT2D eigenvalue weighted by Crippen LogP contribution is -2.10. The van der Waals surface area contributed by atoms with Crippen LogP contribution in [-0.4, -0.2) is 25.8 Å². The highest BCUT2D eigenvalue weighted by molar-refractivity contribution is 5.90. The zero-order valence-electron chi connectivity index (χ0n) is 13.0. The molecule has 0 aliphatic rings. The molecule has 1 amide bonds. The van der Waals surface area contributed by atoms with Crippen molar-refractivity contribution in [2.75, 3.05) is 24.4 Å². The summed E-state index contributed by atoms with van der Waals surface area (Å²) in [5.74, 6) is -0.336. The van der Waals surface area contributed by atoms with Gasteiger partial charge in [0.25, 0.3) is 0 Å². The van der Waals surface area contributed by atoms with Crippen LogP contribution in [0.2, 0.25) is 0 Å². The molecule has 0 radical (unpaired) electrons. The normalized spacial score (nSPS) is 9.83. The Labute approximate surface area is 134 Å². The van der Waals surface area contributed by atoms with E-state index in [9.17, 15) is 9.59 Å². The van der Waals surface area contributed by atoms with Crippen LogP contribution >= 0.6 is 0 Å². The molecule has 2 N–H and O–H groups in total. The molecule has 2 aromatic rings. The van der Waals surface area contributed by atoms with Crippen LogP contribution in [-0.2, 0) is 9.47 Å². The molecule has 0 heterocycles. The monoisotopic (exact) mass is 314 g/mol. The molecule has 6 nitrogen and oxygen atoms in total. The molecule has 0 unspecified atom stereocenters. The number of carbonyl (C=O) groups excluding carboxylic acids is 2. The van der Waals surface area contributed by atoms with Gasteiger partial charge in [-0.05, 0) is 55.5 Å². The number of anilines is 3. The fourth-order valence-electron chi connectivity index (χ4n) is 1.88. The lowest BCUT2D eigenvalue weighted by Gasteiger charge is -2.09. The van der Waals surface area contributed by atoms with Crippen molar-refractivity contribution in [1.82, 2.24) is 0 Å². The summed E-state index contributed by atoms with van der Waals surface area (Å²) < 4.78 is 9.46. The second kappa shape index (κ2) is 7.84. The summed E-state index contributed by atoms with van der Waals surface area (Å²) in [4.78, 5) is 22.7. The van der Waals surface area contributed by atoms with Crippen LogP contribution in [0.5, 0.6) is 0 Å². The summed E-state index contributed by atoms with van der Waals surface area (Å²) in [5, 5.41) is 5.77. The van der Waals surface area contributed by atoms with Gasteiger partial charge in [0, 0.05) is 17.1 Å². The number of nitrogens with one attached hydrogen (secondary N) is 2. The van der Waals surface area contributed by atoms with Crippen molar-refractivity contribution in [2.45, 2.75) is 6.92 Å². The quantitative estimate of drug-likeness (QED) is 0.821. The highest BCUT2D eigenvalue weighted by Crippen LogP contribution is 2.19. The van der Waals surface area contributed by atoms with E-state index < -0.39 is 6.09 Å². The maximum Gasteiger partial charge on any atom is 0.411 e. The maximum atomic E-state index is 11.6. The fourth-order valence-corrected chi connectivity index (χ4v) is 1.88. The Balaban J connectivity index is 1.99. The molecule has 0 fully saturated rings. The minimum Gasteiger partial charge on any atom is -0.462 e. The van der Waals surface area contributed by atoms with E-state index in [1.165, 1.54) is 7.11 Å². The van der Waals surface area contributed by atoms with Gasteiger partial charge in [-0.2, -0.15) is 0 Å². The Bertz CT molecular complexity index is 666. The molecule has 0 aliphatic heterocycles. The molecular weight excluding hydrogens is 296 g/mol. The lowest BCUT2D eigenvalue weighted by atomic mass is 10.2. The Kier molecular flexibility index (Phi) is 5.57. The SMILES string of the molecule is CCOC(=O)c1ccc(Nc2ccc(NC(=O)OC)cc2)cc1. The van der Waals surface area contributed by atoms with Crippen LogP contribution in [0.3, 0.4) is 0 Å². The van der Waals surface area contributed by atoms with Crippen LogP contribution < -0.4 is 10.6 Å². The highest BCUT2D eigenvalue weighted by Gasteiger charge is 2.06. The number of hydrogen-bond donors (Lipinski definition) is 2. The summed E-state index contributed by atoms with van der Waals surface area (Å²) in [6.07, 6.45) is -0.514. The predicted molar refractivity (Wildman–Crippen MR) is 88.2 cm³/mol. The number of ether oxygens (including phenoxy) is 2. The van der Waals surface area contributed by atoms with E-state index in [1.807, 2.05) is 12.1 Å². The maximum absolute atomic E-state index is 11.6. The number of benzene rings is 2. The molecule has 0 spiro atoms. The molecule has 0 aromatic heterocycles. The second-order valence-electron chi connectivity index (χ2n) is 4.62. The van der Waals surface area contributed by atoms with Crippen molar-refractivity contribution in [3.63, 3.8) is 0 Å². The van der Waals surface area contributed by atoms with Crippen molar-refractivity contribution >= 4 is 29.1 Å². The molecule has 2 aromatic carbocycles. The van der Waals surface area contributed by atoms with Gasteiger partial charge in [0.15, 0.2) is 0 Å². The number of amides is 1. The van der Waals surface area contributed by atoms with Crippen LogP contribution in [0.1, 0.15) is 17.3 Å². The van der Waals surface area contributed by atoms with E-state index in [4.69, 9.17) is 4.74 Å². The third kappa shape index (κ3) is 4.74. The molecule has 0 saturated carbocycles. The van der Waals surface area contributed by atoms with E-state index in [1.54, 1.807) is 43.3 Å². The molecule has 2 rings (SSSR count). The third-order valence-electron chi connectivity index (χ3n) is 3.00. The van der Waals surface area contributed by atoms with Crippen molar-refractivity contribution < 1.29 is 19.1 Å². The van der Waals surface area contributed by atoms with Crippen LogP contribution in [0.15, 0.2) is 48.5 Å². The van der Waals surface area contributed by atoms with E-state index in [0.29, 0.717) is 17.9 Å². The Hall–Kier alpha value is -3.02. The zero-order valence-corrected chi connectivity index (χ0v) is 13.0. The smallest absolute Gasteiger partial charge is 0.411 e. The predicted octanol–water partition coefficient (Wildman–Crippen LogP) is 3.79. The van der Waals surface area contributed by atoms with E-state index in [2.05, 4.69) is 15.4 Å². The van der Waals surface area contributed by atoms with Gasteiger partial charge in [0.1, 0.15) is 0 Å². The van der Waals surface area contributed by atoms with Gasteiger partial charge in [-0.15, -0.1) is 0 Å². The van der Waals surface area contributed by atoms with Crippen molar-refractivity contribution in [1.29, 1.82) is 0 Å². The first-order valence-electron chi connectivity index (χ1n) is 7.11. The van der Waals surface area contributed by atoms with Crippen molar-refractivity contribution in [2.24, 2.45) is 0 Å². The number of methoxy groups -OCH3 is 1. The first kappa shape index (κ1) is 16.4. The van der Waals surface area contributed by atoms with Crippen LogP contribution in [0.25, 0.3) is 0 Å². The second-order valence-corrected chi connectivity index (χ2v) is 4.62. The average molecular weight is 314 g/mol. The molecule has 23 heavy (non-hydrogen) atoms. The third-order valence-corrected chi connectivity index (χ3v) is 3.00. The number of hydrogen-bond acceptors (Lipinski definition) is 5. The van der Waals surface area contributed by atoms with Gasteiger partial charge < -0.3 is 14.8 Å². The summed E-state index contributed by atoms with van der Waals surface area (Å²) in [6, 6.07) is 14.2. The largest absolute Gasteiger partial charge is 0.462 e. The van der Waals surface area contributed by atoms with Crippen molar-refractivity contribution in [3.8, 4) is 0 Å². The van der Waals surface area contributed by atoms with Crippen LogP contribution in [0.4, 0.5) is 21.9 Å². The summed E-state index contributed by atoms with van der Waals surface area (Å²) in [7, 11) is 1.31. The Morgan fingerprint density at radius 2 is 1.43 bits per heavy atom. The summed E-state index contributed by atoms with van der Waals surface area (Å²) in [6.45, 7) is 2.12. The fraction of sp³-hybridized carbons (Fsp3) is 0.176. The first-order chi connectivity index (χ1) is 11.1. The Morgan fingerprint density at radius 3 is 1.96 bits per heavy atom. The zero-order chi connectivity index (χ0) is 16.7. The van der Waals surface area contributed by atoms with Gasteiger partial charge in [-0.25, -0.2) is 9.59 Å². The van der Waals surface area contributed by atoms with Gasteiger partial charge in [-0.3, -0.25) is 5.32 Å². The topological polar surface area (TPSA) is 76.7 Å². The van der Waals surface area contributed by atoms with Gasteiger partial charge >= 0.3 is 12.1 Å². The molecule has 0 aliphatic carbocycles. The molecule has 6 heteroatoms. The van der Waals surface area contributed by atoms with Crippen LogP contribution in [0, 0.1) is 0 Å². The van der Waals surface area contributed by atoms with Crippen molar-refractivity contribution in [3.05, 3.63) is 54.1 Å². The molecule has 0 bridgehead atoms. The first-order valence-corrected chi connectivity index (χ1v) is 7.11. The summed E-state index contributed by atoms with van der Waals surface area (Å²) >= 11 is 0. The highest BCUT2D eigenvalue weighted by atomic mass is 16.5. The minimum absolute atomic E-state index is 0.336. The van der Waals surface area contributed by atoms with E-state index >= 15 is 0 Å². The van der Waals surface area contributed by atoms with Gasteiger partial charge in [-0.1, -0.05) is 0 Å². The van der Waals surface area contributed by atoms with Gasteiger partial charge in [0.05, 0.1) is 19.3 Å². The number of rotatable bonds is 5. The number of carbonyl (C=O) groups is 2. The molecule has 0 saturated heterocycles. The standard InChI is InChI=1S/C17H18N2O4/c1-3-23-16(20)12-4-6-13(7-5-12)18-14-8-10-15(11-9-14)19-17(21)22-2/h4-11,18H,3H2,1-2H3,(H,19,21). The Morgan fingerprint density at radius 1 is 0.913 bits per heavy atom. The summed E-state index contributed by atoms with van der Waals surface area (Å²) in [5.41, 5.74) is 2.84. The molecule has 0 atom stereocenters. The lowest BCUT2D eigenvalue weighted by molar-refractivity contribution is 0.0526. The van der Waals surface area contributed by atoms with E-state index in [0.717, 1.165) is 11.4 Å².